The van der Waals surface area contributed by atoms with Crippen LogP contribution in [0.2, 0.25) is 0 Å². The molecule has 524 valence electrons. The van der Waals surface area contributed by atoms with E-state index in [1.807, 2.05) is 6.92 Å². The van der Waals surface area contributed by atoms with Gasteiger partial charge in [0, 0.05) is 39.5 Å². The number of allylic oxidation sites excluding steroid dienone is 3. The molecule has 0 aromatic carbocycles. The summed E-state index contributed by atoms with van der Waals surface area (Å²) >= 11 is 0. The van der Waals surface area contributed by atoms with Gasteiger partial charge in [0.1, 0.15) is 73.8 Å². The number of amides is 2. The highest BCUT2D eigenvalue weighted by atomic mass is 31.2. The number of ether oxygens (including phenoxy) is 8. The first-order valence-electron chi connectivity index (χ1n) is 32.8. The van der Waals surface area contributed by atoms with Crippen molar-refractivity contribution >= 4 is 31.6 Å². The highest BCUT2D eigenvalue weighted by Crippen LogP contribution is 2.48. The standard InChI is InChI=1S/C62H111N2O25P/c1-6-9-11-13-14-15-16-17-18-19-20-21-22-23-25-33-49(69)85-44(40-81-59(77)43(29-8-3)30-24-12-10-7-2)41-83-90(78,79-5)82-37-35-64-48(68)32-27-26-31-47(67)63-34-28-36-80-62-58(89-60-55(75)53(73)50(70)42(4)84-60)57(52(72)46(39-66)87-62)88-61-56(76)54(74)51(71)45(38-65)86-61/h8,17-18,29,42-46,50-58,60-62,65-66,70-76H,6-7,9-16,19-28,30-41H2,1-5H3,(H,63,67)(H,64,68)/b18-17+,29-8-/t42?,43?,44-,45?,46?,50-,51+,52+,53+,54+,55?,56?,57+,58?,60+,61-,62-,90?/m1/s1. The number of carbonyl (C=O) groups excluding carboxylic acids is 4. The maximum atomic E-state index is 13.5. The van der Waals surface area contributed by atoms with Crippen LogP contribution in [0.25, 0.3) is 0 Å². The van der Waals surface area contributed by atoms with Crippen molar-refractivity contribution in [1.29, 1.82) is 0 Å². The summed E-state index contributed by atoms with van der Waals surface area (Å²) in [6.45, 7) is 4.69. The van der Waals surface area contributed by atoms with E-state index in [-0.39, 0.29) is 70.4 Å². The number of hydrogen-bond acceptors (Lipinski definition) is 25. The molecule has 18 atom stereocenters. The van der Waals surface area contributed by atoms with E-state index in [2.05, 4.69) is 36.6 Å². The van der Waals surface area contributed by atoms with Crippen molar-refractivity contribution in [2.45, 2.75) is 280 Å². The van der Waals surface area contributed by atoms with Crippen LogP contribution in [0.4, 0.5) is 0 Å². The smallest absolute Gasteiger partial charge is 0.461 e. The average Bonchev–Trinajstić information content (AvgIpc) is 0.879. The van der Waals surface area contributed by atoms with Gasteiger partial charge in [-0.15, -0.1) is 0 Å². The molecule has 2 amide bonds. The van der Waals surface area contributed by atoms with E-state index in [4.69, 9.17) is 51.5 Å². The summed E-state index contributed by atoms with van der Waals surface area (Å²) in [7, 11) is -3.14. The minimum Gasteiger partial charge on any atom is -0.461 e. The molecule has 0 saturated carbocycles. The summed E-state index contributed by atoms with van der Waals surface area (Å²) in [5.41, 5.74) is 0. The Bertz CT molecular complexity index is 2060. The summed E-state index contributed by atoms with van der Waals surface area (Å²) < 4.78 is 75.7. The fourth-order valence-corrected chi connectivity index (χ4v) is 11.3. The molecule has 0 aromatic rings. The van der Waals surface area contributed by atoms with E-state index >= 15 is 0 Å². The van der Waals surface area contributed by atoms with Gasteiger partial charge < -0.3 is 94.5 Å². The Balaban J connectivity index is 1.44. The van der Waals surface area contributed by atoms with Crippen LogP contribution in [0.5, 0.6) is 0 Å². The summed E-state index contributed by atoms with van der Waals surface area (Å²) in [5.74, 6) is -2.20. The molecule has 8 unspecified atom stereocenters. The molecule has 90 heavy (non-hydrogen) atoms. The lowest BCUT2D eigenvalue weighted by Crippen LogP contribution is -2.67. The molecule has 3 fully saturated rings. The van der Waals surface area contributed by atoms with Crippen LogP contribution in [0.1, 0.15) is 182 Å². The monoisotopic (exact) mass is 1310 g/mol. The quantitative estimate of drug-likeness (QED) is 0.0177. The third-order valence-electron chi connectivity index (χ3n) is 15.8. The molecule has 11 N–H and O–H groups in total. The van der Waals surface area contributed by atoms with Crippen molar-refractivity contribution in [3.05, 3.63) is 24.3 Å². The highest BCUT2D eigenvalue weighted by molar-refractivity contribution is 7.48. The van der Waals surface area contributed by atoms with Gasteiger partial charge in [-0.3, -0.25) is 32.7 Å². The molecule has 28 heteroatoms. The van der Waals surface area contributed by atoms with Crippen molar-refractivity contribution in [2.24, 2.45) is 5.92 Å². The molecule has 0 aliphatic carbocycles. The minimum atomic E-state index is -4.25. The van der Waals surface area contributed by atoms with Crippen LogP contribution in [0.15, 0.2) is 24.3 Å². The highest BCUT2D eigenvalue weighted by Gasteiger charge is 2.54. The predicted octanol–water partition coefficient (Wildman–Crippen LogP) is 4.10. The second-order valence-corrected chi connectivity index (χ2v) is 25.0. The van der Waals surface area contributed by atoms with Gasteiger partial charge in [-0.05, 0) is 71.6 Å². The van der Waals surface area contributed by atoms with Crippen LogP contribution >= 0.6 is 7.82 Å². The maximum absolute atomic E-state index is 13.5. The lowest BCUT2D eigenvalue weighted by molar-refractivity contribution is -0.390. The number of nitrogens with one attached hydrogen (secondary N) is 2. The first-order chi connectivity index (χ1) is 43.3. The molecule has 0 spiro atoms. The zero-order valence-corrected chi connectivity index (χ0v) is 54.7. The van der Waals surface area contributed by atoms with Crippen LogP contribution in [-0.4, -0.2) is 228 Å². The maximum Gasteiger partial charge on any atom is 0.474 e. The van der Waals surface area contributed by atoms with Gasteiger partial charge in [0.05, 0.1) is 45.1 Å². The van der Waals surface area contributed by atoms with Crippen molar-refractivity contribution in [1.82, 2.24) is 10.6 Å². The number of esters is 2. The third kappa shape index (κ3) is 30.5. The zero-order chi connectivity index (χ0) is 66.3. The Hall–Kier alpha value is -3.13. The average molecular weight is 1320 g/mol. The summed E-state index contributed by atoms with van der Waals surface area (Å²) in [4.78, 5) is 51.7. The van der Waals surface area contributed by atoms with Gasteiger partial charge in [0.25, 0.3) is 0 Å². The lowest BCUT2D eigenvalue weighted by Gasteiger charge is -2.48. The van der Waals surface area contributed by atoms with Gasteiger partial charge in [-0.2, -0.15) is 0 Å². The van der Waals surface area contributed by atoms with Crippen molar-refractivity contribution in [3.63, 3.8) is 0 Å². The topological polar surface area (TPSA) is 393 Å². The number of unbranched alkanes of at least 4 members (excludes halogenated alkanes) is 15. The molecule has 3 saturated heterocycles. The largest absolute Gasteiger partial charge is 0.474 e. The minimum absolute atomic E-state index is 0.0482. The van der Waals surface area contributed by atoms with Crippen LogP contribution in [-0.2, 0) is 75.2 Å². The van der Waals surface area contributed by atoms with E-state index in [1.165, 1.54) is 45.4 Å². The van der Waals surface area contributed by atoms with Crippen molar-refractivity contribution in [2.75, 3.05) is 59.8 Å². The second-order valence-electron chi connectivity index (χ2n) is 23.2. The van der Waals surface area contributed by atoms with Gasteiger partial charge in [-0.25, -0.2) is 4.57 Å². The normalized spacial score (nSPS) is 28.6. The number of phosphoric acid groups is 1. The van der Waals surface area contributed by atoms with Crippen LogP contribution < -0.4 is 10.6 Å². The van der Waals surface area contributed by atoms with E-state index in [0.717, 1.165) is 71.3 Å². The second kappa shape index (κ2) is 46.9. The number of aliphatic hydroxyl groups excluding tert-OH is 9. The van der Waals surface area contributed by atoms with Gasteiger partial charge in [0.2, 0.25) is 11.8 Å². The van der Waals surface area contributed by atoms with Crippen LogP contribution in [0.3, 0.4) is 0 Å². The lowest BCUT2D eigenvalue weighted by atomic mass is 9.96. The van der Waals surface area contributed by atoms with Crippen molar-refractivity contribution in [3.8, 4) is 0 Å². The predicted molar refractivity (Wildman–Crippen MR) is 327 cm³/mol. The fraction of sp³-hybridized carbons (Fsp3) is 0.871. The summed E-state index contributed by atoms with van der Waals surface area (Å²) in [6, 6.07) is 0. The number of rotatable bonds is 49. The Kier molecular flexibility index (Phi) is 42.2. The molecule has 3 rings (SSSR count). The molecule has 0 aromatic heterocycles. The molecule has 3 heterocycles. The molecule has 27 nitrogen and oxygen atoms in total. The summed E-state index contributed by atoms with van der Waals surface area (Å²) in [5, 5.41) is 99.6. The molecule has 0 radical (unpaired) electrons. The van der Waals surface area contributed by atoms with Gasteiger partial charge in [0.15, 0.2) is 25.0 Å². The van der Waals surface area contributed by atoms with E-state index in [1.54, 1.807) is 12.2 Å². The van der Waals surface area contributed by atoms with Gasteiger partial charge >= 0.3 is 19.8 Å². The number of hydrogen-bond donors (Lipinski definition) is 11. The van der Waals surface area contributed by atoms with E-state index in [9.17, 15) is 69.7 Å². The Morgan fingerprint density at radius 1 is 0.567 bits per heavy atom. The molecule has 3 aliphatic heterocycles. The molecular formula is C62H111N2O25P. The van der Waals surface area contributed by atoms with Crippen molar-refractivity contribution < 1.29 is 121 Å². The Morgan fingerprint density at radius 2 is 1.10 bits per heavy atom. The molecule has 3 aliphatic rings. The van der Waals surface area contributed by atoms with Gasteiger partial charge in [-0.1, -0.05) is 115 Å². The Morgan fingerprint density at radius 3 is 1.71 bits per heavy atom. The molecular weight excluding hydrogens is 1200 g/mol. The zero-order valence-electron chi connectivity index (χ0n) is 53.8. The summed E-state index contributed by atoms with van der Waals surface area (Å²) in [6.07, 6.45) is 2.34. The van der Waals surface area contributed by atoms with E-state index in [0.29, 0.717) is 25.7 Å². The first-order valence-corrected chi connectivity index (χ1v) is 34.2. The third-order valence-corrected chi connectivity index (χ3v) is 17.2. The Labute approximate surface area is 531 Å². The molecule has 0 bridgehead atoms. The number of aliphatic hydroxyl groups is 9. The fourth-order valence-electron chi connectivity index (χ4n) is 10.3. The van der Waals surface area contributed by atoms with E-state index < -0.39 is 144 Å². The first kappa shape index (κ1) is 81.1. The number of phosphoric ester groups is 1. The SMILES string of the molecule is C/C=C\C(CCCCCC)C(=O)OC[C@H](COP(=O)(OC)OCCNC(=O)CCCCC(=O)NCCCO[C@@H]1OC(CO)[C@H](O)[C@H](O[C@H]2OC(CO)[C@H](O)[C@H](O)C2O)C1O[C@@H]1OC(C)[C@@H](O)[C@H](O)C1O)OC(=O)CCCCCCC/C=C/CCCCCCCC. The number of carbonyl (C=O) groups is 4. The van der Waals surface area contributed by atoms with Crippen LogP contribution in [0, 0.1) is 5.92 Å².